The summed E-state index contributed by atoms with van der Waals surface area (Å²) in [6, 6.07) is 11.9. The van der Waals surface area contributed by atoms with Gasteiger partial charge in [-0.15, -0.1) is 0 Å². The lowest BCUT2D eigenvalue weighted by Crippen LogP contribution is -2.21. The molecule has 0 aromatic heterocycles. The van der Waals surface area contributed by atoms with Crippen LogP contribution in [0.1, 0.15) is 13.3 Å². The molecule has 3 amide bonds. The predicted molar refractivity (Wildman–Crippen MR) is 89.0 cm³/mol. The first kappa shape index (κ1) is 17.1. The number of nitrogens with one attached hydrogen (secondary N) is 3. The lowest BCUT2D eigenvalue weighted by Gasteiger charge is -2.08. The molecular formula is C17H16FN3O3. The van der Waals surface area contributed by atoms with Crippen molar-refractivity contribution in [1.82, 2.24) is 0 Å². The van der Waals surface area contributed by atoms with Gasteiger partial charge in [0.1, 0.15) is 12.2 Å². The minimum absolute atomic E-state index is 0.194. The summed E-state index contributed by atoms with van der Waals surface area (Å²) in [6.45, 7) is 1.40. The van der Waals surface area contributed by atoms with E-state index in [1.807, 2.05) is 0 Å². The number of rotatable bonds is 5. The number of carbonyl (C=O) groups is 3. The molecule has 0 spiro atoms. The molecule has 24 heavy (non-hydrogen) atoms. The zero-order valence-electron chi connectivity index (χ0n) is 12.9. The van der Waals surface area contributed by atoms with Gasteiger partial charge in [0.05, 0.1) is 0 Å². The molecule has 6 nitrogen and oxygen atoms in total. The third-order valence-electron chi connectivity index (χ3n) is 2.92. The SMILES string of the molecule is CC(=O)Nc1ccc(NC(=O)CC(=O)Nc2cccc(F)c2)cc1. The number of anilines is 3. The number of halogens is 1. The Kier molecular flexibility index (Phi) is 5.62. The van der Waals surface area contributed by atoms with Gasteiger partial charge in [-0.25, -0.2) is 4.39 Å². The lowest BCUT2D eigenvalue weighted by atomic mass is 10.2. The first-order valence-electron chi connectivity index (χ1n) is 7.15. The molecule has 0 atom stereocenters. The zero-order chi connectivity index (χ0) is 17.5. The molecule has 0 aliphatic heterocycles. The highest BCUT2D eigenvalue weighted by molar-refractivity contribution is 6.08. The Morgan fingerprint density at radius 3 is 1.92 bits per heavy atom. The van der Waals surface area contributed by atoms with Gasteiger partial charge in [0, 0.05) is 24.0 Å². The van der Waals surface area contributed by atoms with Crippen molar-refractivity contribution >= 4 is 34.8 Å². The van der Waals surface area contributed by atoms with Gasteiger partial charge < -0.3 is 16.0 Å². The molecule has 0 saturated heterocycles. The normalized spacial score (nSPS) is 9.92. The smallest absolute Gasteiger partial charge is 0.233 e. The fourth-order valence-corrected chi connectivity index (χ4v) is 1.96. The molecule has 7 heteroatoms. The van der Waals surface area contributed by atoms with E-state index in [2.05, 4.69) is 16.0 Å². The maximum Gasteiger partial charge on any atom is 0.233 e. The molecule has 0 unspecified atom stereocenters. The Hall–Kier alpha value is -3.22. The quantitative estimate of drug-likeness (QED) is 0.737. The van der Waals surface area contributed by atoms with Gasteiger partial charge in [-0.3, -0.25) is 14.4 Å². The molecule has 0 radical (unpaired) electrons. The zero-order valence-corrected chi connectivity index (χ0v) is 12.9. The monoisotopic (exact) mass is 329 g/mol. The number of benzene rings is 2. The molecule has 0 bridgehead atoms. The molecule has 0 saturated carbocycles. The summed E-state index contributed by atoms with van der Waals surface area (Å²) in [6.07, 6.45) is -0.399. The maximum atomic E-state index is 13.0. The van der Waals surface area contributed by atoms with Gasteiger partial charge in [0.2, 0.25) is 17.7 Å². The summed E-state index contributed by atoms with van der Waals surface area (Å²) >= 11 is 0. The van der Waals surface area contributed by atoms with E-state index in [4.69, 9.17) is 0 Å². The molecule has 0 heterocycles. The van der Waals surface area contributed by atoms with Crippen LogP contribution in [0.2, 0.25) is 0 Å². The summed E-state index contributed by atoms with van der Waals surface area (Å²) in [4.78, 5) is 34.5. The van der Waals surface area contributed by atoms with E-state index >= 15 is 0 Å². The van der Waals surface area contributed by atoms with Crippen LogP contribution >= 0.6 is 0 Å². The topological polar surface area (TPSA) is 87.3 Å². The van der Waals surface area contributed by atoms with E-state index in [-0.39, 0.29) is 11.6 Å². The Morgan fingerprint density at radius 1 is 0.833 bits per heavy atom. The van der Waals surface area contributed by atoms with E-state index in [9.17, 15) is 18.8 Å². The molecule has 0 aliphatic rings. The van der Waals surface area contributed by atoms with Crippen molar-refractivity contribution in [2.75, 3.05) is 16.0 Å². The highest BCUT2D eigenvalue weighted by Gasteiger charge is 2.10. The Bertz CT molecular complexity index is 760. The van der Waals surface area contributed by atoms with Crippen molar-refractivity contribution in [3.63, 3.8) is 0 Å². The fraction of sp³-hybridized carbons (Fsp3) is 0.118. The van der Waals surface area contributed by atoms with E-state index < -0.39 is 24.1 Å². The van der Waals surface area contributed by atoms with Gasteiger partial charge >= 0.3 is 0 Å². The molecule has 0 fully saturated rings. The van der Waals surface area contributed by atoms with E-state index in [0.717, 1.165) is 6.07 Å². The van der Waals surface area contributed by atoms with E-state index in [1.165, 1.54) is 25.1 Å². The summed E-state index contributed by atoms with van der Waals surface area (Å²) < 4.78 is 13.0. The van der Waals surface area contributed by atoms with Gasteiger partial charge in [-0.2, -0.15) is 0 Å². The fourth-order valence-electron chi connectivity index (χ4n) is 1.96. The molecular weight excluding hydrogens is 313 g/mol. The number of hydrogen-bond acceptors (Lipinski definition) is 3. The third-order valence-corrected chi connectivity index (χ3v) is 2.92. The second-order valence-electron chi connectivity index (χ2n) is 5.04. The maximum absolute atomic E-state index is 13.0. The van der Waals surface area contributed by atoms with Crippen LogP contribution in [0.15, 0.2) is 48.5 Å². The molecule has 2 rings (SSSR count). The van der Waals surface area contributed by atoms with Crippen LogP contribution in [0.25, 0.3) is 0 Å². The van der Waals surface area contributed by atoms with Gasteiger partial charge in [0.15, 0.2) is 0 Å². The molecule has 2 aromatic rings. The lowest BCUT2D eigenvalue weighted by molar-refractivity contribution is -0.123. The third kappa shape index (κ3) is 5.53. The van der Waals surface area contributed by atoms with Crippen molar-refractivity contribution in [2.24, 2.45) is 0 Å². The van der Waals surface area contributed by atoms with Crippen LogP contribution in [0.3, 0.4) is 0 Å². The van der Waals surface area contributed by atoms with Crippen molar-refractivity contribution in [2.45, 2.75) is 13.3 Å². The summed E-state index contributed by atoms with van der Waals surface area (Å²) in [5.41, 5.74) is 1.38. The van der Waals surface area contributed by atoms with Gasteiger partial charge in [-0.1, -0.05) is 6.07 Å². The Balaban J connectivity index is 1.86. The number of carbonyl (C=O) groups excluding carboxylic acids is 3. The minimum atomic E-state index is -0.548. The van der Waals surface area contributed by atoms with Gasteiger partial charge in [-0.05, 0) is 42.5 Å². The van der Waals surface area contributed by atoms with Crippen LogP contribution in [0, 0.1) is 5.82 Å². The Morgan fingerprint density at radius 2 is 1.38 bits per heavy atom. The summed E-state index contributed by atoms with van der Waals surface area (Å²) in [5, 5.41) is 7.61. The van der Waals surface area contributed by atoms with E-state index in [0.29, 0.717) is 11.4 Å². The molecule has 3 N–H and O–H groups in total. The summed E-state index contributed by atoms with van der Waals surface area (Å²) in [7, 11) is 0. The Labute approximate surface area is 138 Å². The second kappa shape index (κ2) is 7.87. The minimum Gasteiger partial charge on any atom is -0.326 e. The predicted octanol–water partition coefficient (Wildman–Crippen LogP) is 2.75. The van der Waals surface area contributed by atoms with E-state index in [1.54, 1.807) is 24.3 Å². The van der Waals surface area contributed by atoms with Crippen molar-refractivity contribution in [3.05, 3.63) is 54.3 Å². The van der Waals surface area contributed by atoms with Gasteiger partial charge in [0.25, 0.3) is 0 Å². The first-order valence-corrected chi connectivity index (χ1v) is 7.15. The highest BCUT2D eigenvalue weighted by Crippen LogP contribution is 2.14. The van der Waals surface area contributed by atoms with Crippen LogP contribution in [0.5, 0.6) is 0 Å². The number of hydrogen-bond donors (Lipinski definition) is 3. The molecule has 124 valence electrons. The van der Waals surface area contributed by atoms with Crippen LogP contribution < -0.4 is 16.0 Å². The average Bonchev–Trinajstić information content (AvgIpc) is 2.48. The highest BCUT2D eigenvalue weighted by atomic mass is 19.1. The van der Waals surface area contributed by atoms with Crippen LogP contribution in [-0.4, -0.2) is 17.7 Å². The second-order valence-corrected chi connectivity index (χ2v) is 5.04. The first-order chi connectivity index (χ1) is 11.4. The molecule has 0 aliphatic carbocycles. The summed E-state index contributed by atoms with van der Waals surface area (Å²) in [5.74, 6) is -1.72. The van der Waals surface area contributed by atoms with Crippen LogP contribution in [0.4, 0.5) is 21.5 Å². The molecule has 2 aromatic carbocycles. The van der Waals surface area contributed by atoms with Crippen molar-refractivity contribution in [1.29, 1.82) is 0 Å². The van der Waals surface area contributed by atoms with Crippen molar-refractivity contribution < 1.29 is 18.8 Å². The largest absolute Gasteiger partial charge is 0.326 e. The average molecular weight is 329 g/mol. The van der Waals surface area contributed by atoms with Crippen molar-refractivity contribution in [3.8, 4) is 0 Å². The standard InChI is InChI=1S/C17H16FN3O3/c1-11(22)19-13-5-7-14(8-6-13)20-16(23)10-17(24)21-15-4-2-3-12(18)9-15/h2-9H,10H2,1H3,(H,19,22)(H,20,23)(H,21,24). The van der Waals surface area contributed by atoms with Crippen LogP contribution in [-0.2, 0) is 14.4 Å². The number of amides is 3.